The summed E-state index contributed by atoms with van der Waals surface area (Å²) in [4.78, 5) is 27.9. The largest absolute Gasteiger partial charge is 0.493 e. The van der Waals surface area contributed by atoms with Gasteiger partial charge >= 0.3 is 0 Å². The molecule has 0 radical (unpaired) electrons. The second kappa shape index (κ2) is 8.59. The number of rotatable bonds is 6. The van der Waals surface area contributed by atoms with Gasteiger partial charge in [0.05, 0.1) is 42.9 Å². The first-order valence-corrected chi connectivity index (χ1v) is 11.2. The van der Waals surface area contributed by atoms with E-state index in [4.69, 9.17) is 9.47 Å². The first kappa shape index (κ1) is 21.0. The average Bonchev–Trinajstić information content (AvgIpc) is 3.43. The second-order valence-electron chi connectivity index (χ2n) is 8.54. The van der Waals surface area contributed by atoms with Gasteiger partial charge in [0, 0.05) is 0 Å². The summed E-state index contributed by atoms with van der Waals surface area (Å²) in [7, 11) is 1.58. The first-order chi connectivity index (χ1) is 16.1. The number of benzene rings is 3. The van der Waals surface area contributed by atoms with Crippen molar-refractivity contribution in [2.75, 3.05) is 7.11 Å². The molecule has 5 rings (SSSR count). The fourth-order valence-corrected chi connectivity index (χ4v) is 4.85. The Morgan fingerprint density at radius 2 is 1.61 bits per heavy atom. The van der Waals surface area contributed by atoms with E-state index in [0.29, 0.717) is 28.2 Å². The number of carbonyl (C=O) groups excluding carboxylic acids is 2. The molecular weight excluding hydrogens is 416 g/mol. The van der Waals surface area contributed by atoms with E-state index in [2.05, 4.69) is 6.07 Å². The molecule has 1 atom stereocenters. The van der Waals surface area contributed by atoms with E-state index < -0.39 is 6.04 Å². The van der Waals surface area contributed by atoms with Crippen LogP contribution in [0.2, 0.25) is 0 Å². The molecule has 6 nitrogen and oxygen atoms in total. The highest BCUT2D eigenvalue weighted by molar-refractivity contribution is 6.23. The molecule has 0 spiro atoms. The van der Waals surface area contributed by atoms with Crippen molar-refractivity contribution in [2.24, 2.45) is 0 Å². The Labute approximate surface area is 192 Å². The van der Waals surface area contributed by atoms with E-state index >= 15 is 0 Å². The van der Waals surface area contributed by atoms with Gasteiger partial charge in [-0.3, -0.25) is 14.5 Å². The van der Waals surface area contributed by atoms with Gasteiger partial charge in [-0.25, -0.2) is 0 Å². The molecule has 1 saturated carbocycles. The number of fused-ring (bicyclic) bond motifs is 2. The van der Waals surface area contributed by atoms with Crippen molar-refractivity contribution in [3.05, 3.63) is 71.3 Å². The maximum atomic E-state index is 13.4. The third-order valence-electron chi connectivity index (χ3n) is 6.55. The molecule has 3 aromatic rings. The van der Waals surface area contributed by atoms with Crippen LogP contribution in [0, 0.1) is 11.3 Å². The summed E-state index contributed by atoms with van der Waals surface area (Å²) in [6.07, 6.45) is 4.35. The highest BCUT2D eigenvalue weighted by atomic mass is 16.5. The average molecular weight is 440 g/mol. The summed E-state index contributed by atoms with van der Waals surface area (Å²) in [5.41, 5.74) is 1.42. The van der Waals surface area contributed by atoms with Gasteiger partial charge < -0.3 is 9.47 Å². The maximum Gasteiger partial charge on any atom is 0.262 e. The number of imide groups is 1. The van der Waals surface area contributed by atoms with Gasteiger partial charge in [-0.1, -0.05) is 30.3 Å². The van der Waals surface area contributed by atoms with Gasteiger partial charge in [-0.2, -0.15) is 5.26 Å². The highest BCUT2D eigenvalue weighted by Crippen LogP contribution is 2.39. The number of nitriles is 1. The van der Waals surface area contributed by atoms with E-state index in [1.807, 2.05) is 24.3 Å². The number of carbonyl (C=O) groups is 2. The molecule has 1 heterocycles. The van der Waals surface area contributed by atoms with Crippen molar-refractivity contribution >= 4 is 22.6 Å². The van der Waals surface area contributed by atoms with Crippen molar-refractivity contribution in [1.29, 1.82) is 5.26 Å². The number of hydrogen-bond acceptors (Lipinski definition) is 5. The Hall–Kier alpha value is -3.85. The van der Waals surface area contributed by atoms with Crippen LogP contribution in [-0.4, -0.2) is 29.9 Å². The zero-order valence-corrected chi connectivity index (χ0v) is 18.4. The highest BCUT2D eigenvalue weighted by Gasteiger charge is 2.41. The van der Waals surface area contributed by atoms with Gasteiger partial charge in [-0.05, 0) is 66.3 Å². The lowest BCUT2D eigenvalue weighted by molar-refractivity contribution is 0.0584. The summed E-state index contributed by atoms with van der Waals surface area (Å²) in [6, 6.07) is 17.9. The van der Waals surface area contributed by atoms with Crippen molar-refractivity contribution in [3.63, 3.8) is 0 Å². The number of nitrogens with zero attached hydrogens (tertiary/aromatic N) is 2. The lowest BCUT2D eigenvalue weighted by atomic mass is 10.0. The van der Waals surface area contributed by atoms with Gasteiger partial charge in [0.25, 0.3) is 11.8 Å². The number of hydrogen-bond donors (Lipinski definition) is 0. The standard InChI is InChI=1S/C27H24N2O4/c1-32-24-11-10-19(16-25(24)33-20-8-4-5-9-20)23(12-13-28)29-26(30)21-14-17-6-2-3-7-18(17)15-22(21)27(29)31/h2-3,6-7,10-11,14-16,20,23H,4-5,8-9,12H2,1H3. The molecule has 1 aliphatic carbocycles. The molecule has 0 bridgehead atoms. The van der Waals surface area contributed by atoms with Crippen molar-refractivity contribution in [2.45, 2.75) is 44.2 Å². The van der Waals surface area contributed by atoms with Crippen LogP contribution < -0.4 is 9.47 Å². The predicted octanol–water partition coefficient (Wildman–Crippen LogP) is 5.42. The fourth-order valence-electron chi connectivity index (χ4n) is 4.85. The summed E-state index contributed by atoms with van der Waals surface area (Å²) in [5.74, 6) is 0.410. The quantitative estimate of drug-likeness (QED) is 0.478. The van der Waals surface area contributed by atoms with Crippen LogP contribution >= 0.6 is 0 Å². The Morgan fingerprint density at radius 1 is 0.970 bits per heavy atom. The fraction of sp³-hybridized carbons (Fsp3) is 0.296. The Morgan fingerprint density at radius 3 is 2.18 bits per heavy atom. The molecule has 166 valence electrons. The molecule has 0 N–H and O–H groups in total. The topological polar surface area (TPSA) is 79.6 Å². The van der Waals surface area contributed by atoms with Crippen LogP contribution in [0.25, 0.3) is 10.8 Å². The van der Waals surface area contributed by atoms with E-state index in [1.165, 1.54) is 4.90 Å². The maximum absolute atomic E-state index is 13.4. The Balaban J connectivity index is 1.53. The number of ether oxygens (including phenoxy) is 2. The summed E-state index contributed by atoms with van der Waals surface area (Å²) in [6.45, 7) is 0. The van der Waals surface area contributed by atoms with Crippen LogP contribution in [0.1, 0.15) is 64.4 Å². The second-order valence-corrected chi connectivity index (χ2v) is 8.54. The van der Waals surface area contributed by atoms with Gasteiger partial charge in [0.1, 0.15) is 0 Å². The minimum Gasteiger partial charge on any atom is -0.493 e. The predicted molar refractivity (Wildman–Crippen MR) is 123 cm³/mol. The normalized spacial score (nSPS) is 16.7. The van der Waals surface area contributed by atoms with Crippen molar-refractivity contribution in [1.82, 2.24) is 4.90 Å². The SMILES string of the molecule is COc1ccc(C(CC#N)N2C(=O)c3cc4ccccc4cc3C2=O)cc1OC1CCCC1. The molecule has 3 aromatic carbocycles. The van der Waals surface area contributed by atoms with Crippen molar-refractivity contribution < 1.29 is 19.1 Å². The molecule has 1 aliphatic heterocycles. The Bertz CT molecular complexity index is 1230. The van der Waals surface area contributed by atoms with Crippen LogP contribution in [0.4, 0.5) is 0 Å². The molecule has 2 aliphatic rings. The van der Waals surface area contributed by atoms with E-state index in [-0.39, 0.29) is 24.3 Å². The molecule has 33 heavy (non-hydrogen) atoms. The summed E-state index contributed by atoms with van der Waals surface area (Å²) in [5, 5.41) is 11.3. The lowest BCUT2D eigenvalue weighted by Gasteiger charge is -2.26. The van der Waals surface area contributed by atoms with Gasteiger partial charge in [0.15, 0.2) is 11.5 Å². The van der Waals surface area contributed by atoms with E-state index in [0.717, 1.165) is 36.5 Å². The monoisotopic (exact) mass is 440 g/mol. The third-order valence-corrected chi connectivity index (χ3v) is 6.55. The smallest absolute Gasteiger partial charge is 0.262 e. The summed E-state index contributed by atoms with van der Waals surface area (Å²) >= 11 is 0. The first-order valence-electron chi connectivity index (χ1n) is 11.2. The zero-order valence-electron chi connectivity index (χ0n) is 18.4. The van der Waals surface area contributed by atoms with Gasteiger partial charge in [-0.15, -0.1) is 0 Å². The molecule has 0 saturated heterocycles. The Kier molecular flexibility index (Phi) is 5.47. The van der Waals surface area contributed by atoms with Gasteiger partial charge in [0.2, 0.25) is 0 Å². The molecule has 1 fully saturated rings. The van der Waals surface area contributed by atoms with E-state index in [1.54, 1.807) is 37.4 Å². The zero-order chi connectivity index (χ0) is 22.9. The third kappa shape index (κ3) is 3.70. The lowest BCUT2D eigenvalue weighted by Crippen LogP contribution is -2.34. The molecule has 6 heteroatoms. The molecule has 1 unspecified atom stereocenters. The number of amides is 2. The molecule has 0 aromatic heterocycles. The van der Waals surface area contributed by atoms with Crippen LogP contribution in [-0.2, 0) is 0 Å². The summed E-state index contributed by atoms with van der Waals surface area (Å²) < 4.78 is 11.7. The minimum atomic E-state index is -0.720. The van der Waals surface area contributed by atoms with Crippen molar-refractivity contribution in [3.8, 4) is 17.6 Å². The molecule has 2 amide bonds. The number of methoxy groups -OCH3 is 1. The van der Waals surface area contributed by atoms with E-state index in [9.17, 15) is 14.9 Å². The van der Waals surface area contributed by atoms with Crippen LogP contribution in [0.3, 0.4) is 0 Å². The molecular formula is C27H24N2O4. The van der Waals surface area contributed by atoms with Crippen LogP contribution in [0.5, 0.6) is 11.5 Å². The minimum absolute atomic E-state index is 0.0137. The van der Waals surface area contributed by atoms with Crippen LogP contribution in [0.15, 0.2) is 54.6 Å².